The molecule has 140 valence electrons. The average Bonchev–Trinajstić information content (AvgIpc) is 2.64. The Hall–Kier alpha value is -2.20. The van der Waals surface area contributed by atoms with Crippen LogP contribution in [0, 0.1) is 13.8 Å². The zero-order valence-corrected chi connectivity index (χ0v) is 16.7. The first-order valence-electron chi connectivity index (χ1n) is 8.73. The lowest BCUT2D eigenvalue weighted by atomic mass is 10.0. The quantitative estimate of drug-likeness (QED) is 0.740. The van der Waals surface area contributed by atoms with Gasteiger partial charge in [-0.2, -0.15) is 0 Å². The molecule has 0 spiro atoms. The van der Waals surface area contributed by atoms with E-state index in [0.29, 0.717) is 5.75 Å². The number of rotatable bonds is 7. The van der Waals surface area contributed by atoms with Crippen molar-refractivity contribution in [2.45, 2.75) is 46.3 Å². The molecule has 0 fully saturated rings. The molecule has 0 aliphatic carbocycles. The van der Waals surface area contributed by atoms with Crippen molar-refractivity contribution in [1.82, 2.24) is 5.32 Å². The van der Waals surface area contributed by atoms with Gasteiger partial charge in [-0.15, -0.1) is 0 Å². The molecule has 0 saturated heterocycles. The number of methoxy groups -OCH3 is 1. The first-order valence-corrected chi connectivity index (χ1v) is 9.11. The molecule has 2 rings (SSSR count). The lowest BCUT2D eigenvalue weighted by Gasteiger charge is -2.21. The van der Waals surface area contributed by atoms with Crippen molar-refractivity contribution >= 4 is 17.5 Å². The molecule has 0 saturated carbocycles. The zero-order valence-electron chi connectivity index (χ0n) is 15.9. The van der Waals surface area contributed by atoms with Crippen molar-refractivity contribution in [2.75, 3.05) is 7.11 Å². The highest BCUT2D eigenvalue weighted by Crippen LogP contribution is 2.27. The molecule has 0 aromatic heterocycles. The highest BCUT2D eigenvalue weighted by molar-refractivity contribution is 6.32. The van der Waals surface area contributed by atoms with Gasteiger partial charge in [-0.25, -0.2) is 0 Å². The van der Waals surface area contributed by atoms with Gasteiger partial charge in [-0.3, -0.25) is 4.79 Å². The molecule has 2 atom stereocenters. The van der Waals surface area contributed by atoms with E-state index >= 15 is 0 Å². The van der Waals surface area contributed by atoms with Crippen molar-refractivity contribution in [3.05, 3.63) is 58.1 Å². The lowest BCUT2D eigenvalue weighted by molar-refractivity contribution is -0.128. The monoisotopic (exact) mass is 375 g/mol. The third-order valence-electron chi connectivity index (χ3n) is 4.33. The van der Waals surface area contributed by atoms with Crippen molar-refractivity contribution in [2.24, 2.45) is 0 Å². The molecule has 2 aromatic carbocycles. The molecule has 0 radical (unpaired) electrons. The van der Waals surface area contributed by atoms with Gasteiger partial charge in [0.1, 0.15) is 11.5 Å². The Balaban J connectivity index is 2.04. The van der Waals surface area contributed by atoms with Gasteiger partial charge in [0.15, 0.2) is 6.10 Å². The summed E-state index contributed by atoms with van der Waals surface area (Å²) in [5.41, 5.74) is 2.89. The van der Waals surface area contributed by atoms with Gasteiger partial charge in [-0.05, 0) is 68.1 Å². The predicted molar refractivity (Wildman–Crippen MR) is 105 cm³/mol. The molecule has 0 aliphatic rings. The summed E-state index contributed by atoms with van der Waals surface area (Å²) in [5.74, 6) is 1.28. The number of carbonyl (C=O) groups is 1. The summed E-state index contributed by atoms with van der Waals surface area (Å²) in [5, 5.41) is 3.77. The van der Waals surface area contributed by atoms with Crippen LogP contribution >= 0.6 is 11.6 Å². The van der Waals surface area contributed by atoms with Gasteiger partial charge in [0, 0.05) is 5.02 Å². The second-order valence-corrected chi connectivity index (χ2v) is 6.75. The van der Waals surface area contributed by atoms with Gasteiger partial charge in [0.05, 0.1) is 13.2 Å². The number of amides is 1. The van der Waals surface area contributed by atoms with Crippen molar-refractivity contribution in [3.63, 3.8) is 0 Å². The Kier molecular flexibility index (Phi) is 6.92. The summed E-state index contributed by atoms with van der Waals surface area (Å²) in [4.78, 5) is 12.6. The number of hydrogen-bond acceptors (Lipinski definition) is 3. The molecule has 2 aromatic rings. The van der Waals surface area contributed by atoms with Crippen LogP contribution in [0.1, 0.15) is 43.0 Å². The molecule has 0 bridgehead atoms. The molecule has 0 unspecified atom stereocenters. The summed E-state index contributed by atoms with van der Waals surface area (Å²) in [6.07, 6.45) is 0.173. The fraction of sp³-hybridized carbons (Fsp3) is 0.381. The summed E-state index contributed by atoms with van der Waals surface area (Å²) in [6.45, 7) is 7.62. The minimum absolute atomic E-state index is 0.0758. The molecule has 26 heavy (non-hydrogen) atoms. The van der Waals surface area contributed by atoms with Crippen LogP contribution in [0.25, 0.3) is 0 Å². The van der Waals surface area contributed by atoms with E-state index in [1.165, 1.54) is 0 Å². The first kappa shape index (κ1) is 20.1. The van der Waals surface area contributed by atoms with Gasteiger partial charge in [0.25, 0.3) is 5.91 Å². The van der Waals surface area contributed by atoms with Crippen LogP contribution in [0.3, 0.4) is 0 Å². The number of nitrogens with one attached hydrogen (secondary N) is 1. The Bertz CT molecular complexity index is 735. The predicted octanol–water partition coefficient (Wildman–Crippen LogP) is 5.00. The summed E-state index contributed by atoms with van der Waals surface area (Å²) >= 11 is 6.18. The number of benzene rings is 2. The minimum Gasteiger partial charge on any atom is -0.497 e. The second kappa shape index (κ2) is 8.95. The Labute approximate surface area is 160 Å². The first-order chi connectivity index (χ1) is 12.3. The number of aryl methyl sites for hydroxylation is 2. The van der Waals surface area contributed by atoms with Crippen LogP contribution in [0.15, 0.2) is 36.4 Å². The number of hydrogen-bond donors (Lipinski definition) is 1. The fourth-order valence-electron chi connectivity index (χ4n) is 2.78. The van der Waals surface area contributed by atoms with Gasteiger partial charge >= 0.3 is 0 Å². The maximum Gasteiger partial charge on any atom is 0.261 e. The third kappa shape index (κ3) is 4.92. The Morgan fingerprint density at radius 2 is 1.69 bits per heavy atom. The van der Waals surface area contributed by atoms with Crippen LogP contribution in [0.2, 0.25) is 5.02 Å². The lowest BCUT2D eigenvalue weighted by Crippen LogP contribution is -2.38. The zero-order chi connectivity index (χ0) is 19.3. The Morgan fingerprint density at radius 1 is 1.12 bits per heavy atom. The smallest absolute Gasteiger partial charge is 0.261 e. The van der Waals surface area contributed by atoms with E-state index in [0.717, 1.165) is 33.9 Å². The van der Waals surface area contributed by atoms with Crippen LogP contribution in [0.4, 0.5) is 0 Å². The van der Waals surface area contributed by atoms with Crippen LogP contribution < -0.4 is 14.8 Å². The van der Waals surface area contributed by atoms with Crippen LogP contribution in [-0.2, 0) is 4.79 Å². The molecule has 5 heteroatoms. The van der Waals surface area contributed by atoms with E-state index in [4.69, 9.17) is 21.1 Å². The van der Waals surface area contributed by atoms with E-state index in [1.54, 1.807) is 14.0 Å². The molecule has 1 N–H and O–H groups in total. The summed E-state index contributed by atoms with van der Waals surface area (Å²) in [7, 11) is 1.63. The standard InChI is InChI=1S/C21H26ClNO3/c1-6-19(16-7-9-17(25-5)10-8-16)23-21(24)15(4)26-18-11-13(2)20(22)14(3)12-18/h7-12,15,19H,6H2,1-5H3,(H,23,24)/t15-,19+/m1/s1. The van der Waals surface area contributed by atoms with E-state index < -0.39 is 6.10 Å². The Morgan fingerprint density at radius 3 is 2.19 bits per heavy atom. The molecular weight excluding hydrogens is 350 g/mol. The van der Waals surface area contributed by atoms with Crippen molar-refractivity contribution in [3.8, 4) is 11.5 Å². The molecule has 0 aliphatic heterocycles. The maximum atomic E-state index is 12.6. The molecule has 4 nitrogen and oxygen atoms in total. The maximum absolute atomic E-state index is 12.6. The van der Waals surface area contributed by atoms with Crippen molar-refractivity contribution in [1.29, 1.82) is 0 Å². The van der Waals surface area contributed by atoms with Crippen molar-refractivity contribution < 1.29 is 14.3 Å². The fourth-order valence-corrected chi connectivity index (χ4v) is 2.89. The highest BCUT2D eigenvalue weighted by Gasteiger charge is 2.20. The van der Waals surface area contributed by atoms with E-state index in [9.17, 15) is 4.79 Å². The molecule has 1 amide bonds. The second-order valence-electron chi connectivity index (χ2n) is 6.37. The van der Waals surface area contributed by atoms with E-state index in [1.807, 2.05) is 57.2 Å². The molecule has 0 heterocycles. The summed E-state index contributed by atoms with van der Waals surface area (Å²) < 4.78 is 11.0. The van der Waals surface area contributed by atoms with E-state index in [-0.39, 0.29) is 11.9 Å². The van der Waals surface area contributed by atoms with Gasteiger partial charge in [0.2, 0.25) is 0 Å². The topological polar surface area (TPSA) is 47.6 Å². The minimum atomic E-state index is -0.609. The summed E-state index contributed by atoms with van der Waals surface area (Å²) in [6, 6.07) is 11.3. The van der Waals surface area contributed by atoms with Crippen LogP contribution in [0.5, 0.6) is 11.5 Å². The number of carbonyl (C=O) groups excluding carboxylic acids is 1. The normalized spacial score (nSPS) is 13.0. The highest BCUT2D eigenvalue weighted by atomic mass is 35.5. The number of ether oxygens (including phenoxy) is 2. The van der Waals surface area contributed by atoms with Gasteiger partial charge in [-0.1, -0.05) is 30.7 Å². The third-order valence-corrected chi connectivity index (χ3v) is 4.93. The largest absolute Gasteiger partial charge is 0.497 e. The average molecular weight is 376 g/mol. The van der Waals surface area contributed by atoms with Gasteiger partial charge < -0.3 is 14.8 Å². The van der Waals surface area contributed by atoms with Crippen LogP contribution in [-0.4, -0.2) is 19.1 Å². The van der Waals surface area contributed by atoms with E-state index in [2.05, 4.69) is 5.32 Å². The SMILES string of the molecule is CC[C@H](NC(=O)[C@@H](C)Oc1cc(C)c(Cl)c(C)c1)c1ccc(OC)cc1. The number of halogens is 1. The molecular formula is C21H26ClNO3.